The van der Waals surface area contributed by atoms with Crippen molar-refractivity contribution >= 4 is 11.6 Å². The molecule has 0 fully saturated rings. The second-order valence-corrected chi connectivity index (χ2v) is 4.36. The van der Waals surface area contributed by atoms with Crippen molar-refractivity contribution in [1.29, 1.82) is 0 Å². The molecule has 1 aromatic heterocycles. The second-order valence-electron chi connectivity index (χ2n) is 4.36. The fourth-order valence-electron chi connectivity index (χ4n) is 1.11. The normalized spacial score (nSPS) is 11.1. The average Bonchev–Trinajstić information content (AvgIpc) is 2.02. The summed E-state index contributed by atoms with van der Waals surface area (Å²) < 4.78 is 0. The molecule has 0 radical (unpaired) electrons. The van der Waals surface area contributed by atoms with Crippen molar-refractivity contribution in [2.45, 2.75) is 33.1 Å². The molecule has 1 N–H and O–H groups in total. The van der Waals surface area contributed by atoms with Crippen LogP contribution < -0.4 is 5.32 Å². The highest BCUT2D eigenvalue weighted by Crippen LogP contribution is 2.20. The maximum atomic E-state index is 10.8. The largest absolute Gasteiger partial charge is 0.325 e. The molecule has 0 bridgehead atoms. The van der Waals surface area contributed by atoms with Crippen LogP contribution in [0.1, 0.15) is 33.4 Å². The molecule has 1 heterocycles. The minimum atomic E-state index is -0.0738. The topological polar surface area (TPSA) is 42.0 Å². The number of hydrogen-bond donors (Lipinski definition) is 1. The molecule has 14 heavy (non-hydrogen) atoms. The van der Waals surface area contributed by atoms with Crippen molar-refractivity contribution < 1.29 is 4.79 Å². The van der Waals surface area contributed by atoms with Crippen LogP contribution in [0.5, 0.6) is 0 Å². The van der Waals surface area contributed by atoms with Crippen molar-refractivity contribution in [2.24, 2.45) is 0 Å². The van der Waals surface area contributed by atoms with E-state index in [1.807, 2.05) is 12.1 Å². The minimum Gasteiger partial charge on any atom is -0.325 e. The molecule has 0 aromatic carbocycles. The van der Waals surface area contributed by atoms with Gasteiger partial charge >= 0.3 is 0 Å². The lowest BCUT2D eigenvalue weighted by Crippen LogP contribution is -2.14. The van der Waals surface area contributed by atoms with Crippen molar-refractivity contribution in [3.63, 3.8) is 0 Å². The number of nitrogens with zero attached hydrogens (tertiary/aromatic N) is 1. The van der Waals surface area contributed by atoms with Crippen LogP contribution >= 0.6 is 0 Å². The van der Waals surface area contributed by atoms with Crippen LogP contribution in [0.4, 0.5) is 5.69 Å². The number of carbonyl (C=O) groups excluding carboxylic acids is 1. The smallest absolute Gasteiger partial charge is 0.221 e. The van der Waals surface area contributed by atoms with E-state index in [0.717, 1.165) is 11.4 Å². The van der Waals surface area contributed by atoms with E-state index >= 15 is 0 Å². The van der Waals surface area contributed by atoms with Crippen molar-refractivity contribution in [3.05, 3.63) is 24.0 Å². The number of nitrogens with one attached hydrogen (secondary N) is 1. The summed E-state index contributed by atoms with van der Waals surface area (Å²) in [5.74, 6) is -0.0738. The summed E-state index contributed by atoms with van der Waals surface area (Å²) >= 11 is 0. The highest BCUT2D eigenvalue weighted by atomic mass is 16.1. The van der Waals surface area contributed by atoms with E-state index in [1.165, 1.54) is 6.92 Å². The summed E-state index contributed by atoms with van der Waals surface area (Å²) in [7, 11) is 0. The number of rotatable bonds is 1. The molecular formula is C11H16N2O. The van der Waals surface area contributed by atoms with Gasteiger partial charge in [-0.3, -0.25) is 9.78 Å². The van der Waals surface area contributed by atoms with Crippen LogP contribution in [0.15, 0.2) is 18.3 Å². The van der Waals surface area contributed by atoms with Gasteiger partial charge in [0.25, 0.3) is 0 Å². The Hall–Kier alpha value is -1.38. The molecule has 0 spiro atoms. The summed E-state index contributed by atoms with van der Waals surface area (Å²) in [6, 6.07) is 3.81. The molecule has 0 aliphatic rings. The van der Waals surface area contributed by atoms with Gasteiger partial charge in [0.05, 0.1) is 11.9 Å². The number of pyridine rings is 1. The van der Waals surface area contributed by atoms with E-state index in [1.54, 1.807) is 6.20 Å². The molecule has 0 aliphatic carbocycles. The summed E-state index contributed by atoms with van der Waals surface area (Å²) in [6.07, 6.45) is 1.68. The monoisotopic (exact) mass is 192 g/mol. The van der Waals surface area contributed by atoms with Crippen molar-refractivity contribution in [2.75, 3.05) is 5.32 Å². The third-order valence-corrected chi connectivity index (χ3v) is 1.85. The highest BCUT2D eigenvalue weighted by Gasteiger charge is 2.14. The number of anilines is 1. The van der Waals surface area contributed by atoms with Crippen LogP contribution in [-0.2, 0) is 10.2 Å². The van der Waals surface area contributed by atoms with Gasteiger partial charge in [-0.1, -0.05) is 20.8 Å². The standard InChI is InChI=1S/C11H16N2O/c1-8(14)13-9-5-6-10(12-7-9)11(2,3)4/h5-7H,1-4H3,(H,13,14). The third kappa shape index (κ3) is 2.83. The maximum absolute atomic E-state index is 10.8. The molecule has 1 amide bonds. The Bertz CT molecular complexity index is 322. The summed E-state index contributed by atoms with van der Waals surface area (Å²) in [6.45, 7) is 7.80. The zero-order valence-corrected chi connectivity index (χ0v) is 9.09. The van der Waals surface area contributed by atoms with Crippen molar-refractivity contribution in [1.82, 2.24) is 4.98 Å². The molecule has 0 saturated heterocycles. The van der Waals surface area contributed by atoms with Gasteiger partial charge in [-0.25, -0.2) is 0 Å². The zero-order valence-electron chi connectivity index (χ0n) is 9.09. The van der Waals surface area contributed by atoms with Gasteiger partial charge in [0.15, 0.2) is 0 Å². The first-order chi connectivity index (χ1) is 6.39. The Balaban J connectivity index is 2.84. The molecule has 0 atom stereocenters. The Morgan fingerprint density at radius 3 is 2.36 bits per heavy atom. The molecule has 0 unspecified atom stereocenters. The van der Waals surface area contributed by atoms with E-state index in [0.29, 0.717) is 0 Å². The molecular weight excluding hydrogens is 176 g/mol. The minimum absolute atomic E-state index is 0.0504. The Morgan fingerprint density at radius 2 is 2.00 bits per heavy atom. The van der Waals surface area contributed by atoms with Crippen LogP contribution in [0.25, 0.3) is 0 Å². The second kappa shape index (κ2) is 3.78. The first kappa shape index (κ1) is 10.7. The highest BCUT2D eigenvalue weighted by molar-refractivity contribution is 5.88. The predicted molar refractivity (Wildman–Crippen MR) is 57.2 cm³/mol. The lowest BCUT2D eigenvalue weighted by molar-refractivity contribution is -0.114. The maximum Gasteiger partial charge on any atom is 0.221 e. The van der Waals surface area contributed by atoms with Gasteiger partial charge in [-0.2, -0.15) is 0 Å². The molecule has 0 saturated carbocycles. The summed E-state index contributed by atoms with van der Waals surface area (Å²) in [5, 5.41) is 2.68. The SMILES string of the molecule is CC(=O)Nc1ccc(C(C)(C)C)nc1. The Kier molecular flexibility index (Phi) is 2.89. The van der Waals surface area contributed by atoms with E-state index in [2.05, 4.69) is 31.1 Å². The van der Waals surface area contributed by atoms with E-state index in [-0.39, 0.29) is 11.3 Å². The Labute approximate surface area is 84.6 Å². The van der Waals surface area contributed by atoms with Crippen LogP contribution in [0.3, 0.4) is 0 Å². The lowest BCUT2D eigenvalue weighted by atomic mass is 9.92. The predicted octanol–water partition coefficient (Wildman–Crippen LogP) is 2.34. The van der Waals surface area contributed by atoms with E-state index in [9.17, 15) is 4.79 Å². The summed E-state index contributed by atoms with van der Waals surface area (Å²) in [4.78, 5) is 15.0. The average molecular weight is 192 g/mol. The van der Waals surface area contributed by atoms with Crippen molar-refractivity contribution in [3.8, 4) is 0 Å². The molecule has 3 heteroatoms. The van der Waals surface area contributed by atoms with Gasteiger partial charge in [0, 0.05) is 18.0 Å². The van der Waals surface area contributed by atoms with Crippen LogP contribution in [0.2, 0.25) is 0 Å². The molecule has 1 rings (SSSR count). The third-order valence-electron chi connectivity index (χ3n) is 1.85. The number of hydrogen-bond acceptors (Lipinski definition) is 2. The molecule has 0 aliphatic heterocycles. The van der Waals surface area contributed by atoms with Gasteiger partial charge < -0.3 is 5.32 Å². The van der Waals surface area contributed by atoms with Gasteiger partial charge in [-0.15, -0.1) is 0 Å². The van der Waals surface area contributed by atoms with Crippen LogP contribution in [-0.4, -0.2) is 10.9 Å². The Morgan fingerprint density at radius 1 is 1.36 bits per heavy atom. The van der Waals surface area contributed by atoms with Crippen LogP contribution in [0, 0.1) is 0 Å². The molecule has 1 aromatic rings. The van der Waals surface area contributed by atoms with Gasteiger partial charge in [0.1, 0.15) is 0 Å². The lowest BCUT2D eigenvalue weighted by Gasteiger charge is -2.17. The molecule has 3 nitrogen and oxygen atoms in total. The molecule has 76 valence electrons. The van der Waals surface area contributed by atoms with E-state index < -0.39 is 0 Å². The number of amides is 1. The quantitative estimate of drug-likeness (QED) is 0.742. The number of carbonyl (C=O) groups is 1. The summed E-state index contributed by atoms with van der Waals surface area (Å²) in [5.41, 5.74) is 1.81. The fraction of sp³-hybridized carbons (Fsp3) is 0.455. The van der Waals surface area contributed by atoms with E-state index in [4.69, 9.17) is 0 Å². The first-order valence-electron chi connectivity index (χ1n) is 4.64. The fourth-order valence-corrected chi connectivity index (χ4v) is 1.11. The first-order valence-corrected chi connectivity index (χ1v) is 4.64. The van der Waals surface area contributed by atoms with Gasteiger partial charge in [-0.05, 0) is 12.1 Å². The van der Waals surface area contributed by atoms with Gasteiger partial charge in [0.2, 0.25) is 5.91 Å². The number of aromatic nitrogens is 1. The zero-order chi connectivity index (χ0) is 10.8.